The summed E-state index contributed by atoms with van der Waals surface area (Å²) in [6.45, 7) is 2.45. The number of hydrogen-bond donors (Lipinski definition) is 1. The topological polar surface area (TPSA) is 69.7 Å². The maximum atomic E-state index is 13.2. The molecule has 0 bridgehead atoms. The van der Waals surface area contributed by atoms with Gasteiger partial charge >= 0.3 is 0 Å². The average molecular weight is 454 g/mol. The van der Waals surface area contributed by atoms with Gasteiger partial charge in [-0.3, -0.25) is 14.0 Å². The van der Waals surface area contributed by atoms with Crippen molar-refractivity contribution in [1.82, 2.24) is 10.2 Å². The number of rotatable bonds is 8. The summed E-state index contributed by atoms with van der Waals surface area (Å²) >= 11 is 6.17. The Morgan fingerprint density at radius 2 is 1.83 bits per heavy atom. The fourth-order valence-electron chi connectivity index (χ4n) is 3.11. The smallest absolute Gasteiger partial charge is 0.264 e. The lowest BCUT2D eigenvalue weighted by Gasteiger charge is -2.24. The van der Waals surface area contributed by atoms with Crippen LogP contribution in [-0.2, 0) is 10.0 Å². The average Bonchev–Trinajstić information content (AvgIpc) is 3.56. The summed E-state index contributed by atoms with van der Waals surface area (Å²) in [4.78, 5) is 14.8. The second-order valence-corrected chi connectivity index (χ2v) is 9.92. The zero-order chi connectivity index (χ0) is 22.1. The van der Waals surface area contributed by atoms with Crippen molar-refractivity contribution in [3.8, 4) is 0 Å². The van der Waals surface area contributed by atoms with Crippen LogP contribution < -0.4 is 9.62 Å². The molecule has 9 heteroatoms. The van der Waals surface area contributed by atoms with Gasteiger partial charge in [0.05, 0.1) is 21.2 Å². The van der Waals surface area contributed by atoms with E-state index in [4.69, 9.17) is 11.6 Å². The van der Waals surface area contributed by atoms with Crippen LogP contribution in [0.15, 0.2) is 47.4 Å². The van der Waals surface area contributed by atoms with Gasteiger partial charge in [-0.1, -0.05) is 11.6 Å². The van der Waals surface area contributed by atoms with Gasteiger partial charge in [0.25, 0.3) is 15.9 Å². The molecule has 1 atom stereocenters. The van der Waals surface area contributed by atoms with Gasteiger partial charge in [0.1, 0.15) is 5.82 Å². The van der Waals surface area contributed by atoms with Crippen molar-refractivity contribution in [3.05, 3.63) is 58.9 Å². The van der Waals surface area contributed by atoms with E-state index in [0.29, 0.717) is 18.3 Å². The van der Waals surface area contributed by atoms with Gasteiger partial charge in [0.15, 0.2) is 0 Å². The zero-order valence-corrected chi connectivity index (χ0v) is 18.7. The largest absolute Gasteiger partial charge is 0.350 e. The first kappa shape index (κ1) is 22.5. The monoisotopic (exact) mass is 453 g/mol. The molecule has 1 aliphatic rings. The van der Waals surface area contributed by atoms with Crippen LogP contribution in [0.4, 0.5) is 10.1 Å². The summed E-state index contributed by atoms with van der Waals surface area (Å²) in [5.74, 6) is -0.894. The maximum absolute atomic E-state index is 13.2. The van der Waals surface area contributed by atoms with E-state index in [1.54, 1.807) is 0 Å². The minimum Gasteiger partial charge on any atom is -0.350 e. The molecule has 30 heavy (non-hydrogen) atoms. The summed E-state index contributed by atoms with van der Waals surface area (Å²) < 4.78 is 40.2. The third-order valence-electron chi connectivity index (χ3n) is 5.41. The number of carbonyl (C=O) groups is 1. The Morgan fingerprint density at radius 1 is 1.20 bits per heavy atom. The SMILES string of the molecule is CC(CNC(=O)c1cc(S(=O)(=O)N(C)c2ccc(F)cc2)ccc1Cl)N(C)C1CC1. The van der Waals surface area contributed by atoms with Crippen molar-refractivity contribution in [2.75, 3.05) is 24.9 Å². The van der Waals surface area contributed by atoms with Gasteiger partial charge < -0.3 is 5.32 Å². The van der Waals surface area contributed by atoms with Gasteiger partial charge in [-0.05, 0) is 69.3 Å². The number of nitrogens with zero attached hydrogens (tertiary/aromatic N) is 2. The molecule has 0 aromatic heterocycles. The molecular formula is C21H25ClFN3O3S. The summed E-state index contributed by atoms with van der Waals surface area (Å²) in [6.07, 6.45) is 2.34. The number of amides is 1. The Hall–Kier alpha value is -2.16. The highest BCUT2D eigenvalue weighted by atomic mass is 35.5. The Kier molecular flexibility index (Phi) is 6.69. The number of nitrogens with one attached hydrogen (secondary N) is 1. The van der Waals surface area contributed by atoms with Crippen molar-refractivity contribution in [2.45, 2.75) is 36.7 Å². The van der Waals surface area contributed by atoms with Crippen molar-refractivity contribution in [2.24, 2.45) is 0 Å². The van der Waals surface area contributed by atoms with Crippen molar-refractivity contribution < 1.29 is 17.6 Å². The fourth-order valence-corrected chi connectivity index (χ4v) is 4.53. The van der Waals surface area contributed by atoms with E-state index in [2.05, 4.69) is 10.2 Å². The molecule has 1 unspecified atom stereocenters. The number of carbonyl (C=O) groups excluding carboxylic acids is 1. The minimum absolute atomic E-state index is 0.0768. The predicted octanol–water partition coefficient (Wildman–Crippen LogP) is 3.52. The lowest BCUT2D eigenvalue weighted by molar-refractivity contribution is 0.0939. The van der Waals surface area contributed by atoms with Crippen LogP contribution in [0.1, 0.15) is 30.1 Å². The molecule has 0 radical (unpaired) electrons. The lowest BCUT2D eigenvalue weighted by atomic mass is 10.2. The highest BCUT2D eigenvalue weighted by molar-refractivity contribution is 7.92. The van der Waals surface area contributed by atoms with Crippen molar-refractivity contribution >= 4 is 33.2 Å². The van der Waals surface area contributed by atoms with E-state index < -0.39 is 21.7 Å². The zero-order valence-electron chi connectivity index (χ0n) is 17.1. The van der Waals surface area contributed by atoms with Gasteiger partial charge in [-0.15, -0.1) is 0 Å². The van der Waals surface area contributed by atoms with Crippen molar-refractivity contribution in [1.29, 1.82) is 0 Å². The molecule has 162 valence electrons. The van der Waals surface area contributed by atoms with E-state index in [-0.39, 0.29) is 21.5 Å². The highest BCUT2D eigenvalue weighted by Crippen LogP contribution is 2.27. The standard InChI is InChI=1S/C21H25ClFN3O3S/c1-14(25(2)16-8-9-16)13-24-21(27)19-12-18(10-11-20(19)22)30(28,29)26(3)17-6-4-15(23)5-7-17/h4-7,10-12,14,16H,8-9,13H2,1-3H3,(H,24,27). The number of hydrogen-bond acceptors (Lipinski definition) is 4. The van der Waals surface area contributed by atoms with Gasteiger partial charge in [0.2, 0.25) is 0 Å². The highest BCUT2D eigenvalue weighted by Gasteiger charge is 2.29. The van der Waals surface area contributed by atoms with E-state index in [9.17, 15) is 17.6 Å². The van der Waals surface area contributed by atoms with Crippen LogP contribution >= 0.6 is 11.6 Å². The molecule has 1 N–H and O–H groups in total. The Bertz CT molecular complexity index is 1030. The van der Waals surface area contributed by atoms with Crippen LogP contribution in [0.3, 0.4) is 0 Å². The Labute approximate surface area is 181 Å². The van der Waals surface area contributed by atoms with E-state index in [1.807, 2.05) is 14.0 Å². The molecule has 6 nitrogen and oxygen atoms in total. The minimum atomic E-state index is -3.96. The second kappa shape index (κ2) is 8.91. The molecule has 1 amide bonds. The molecule has 1 aliphatic carbocycles. The van der Waals surface area contributed by atoms with Crippen molar-refractivity contribution in [3.63, 3.8) is 0 Å². The molecule has 0 heterocycles. The third-order valence-corrected chi connectivity index (χ3v) is 7.52. The third kappa shape index (κ3) is 4.94. The molecule has 0 spiro atoms. The number of sulfonamides is 1. The molecule has 0 aliphatic heterocycles. The van der Waals surface area contributed by atoms with Gasteiger partial charge in [-0.2, -0.15) is 0 Å². The number of benzene rings is 2. The van der Waals surface area contributed by atoms with E-state index >= 15 is 0 Å². The van der Waals surface area contributed by atoms with Gasteiger partial charge in [-0.25, -0.2) is 12.8 Å². The normalized spacial score (nSPS) is 15.1. The Balaban J connectivity index is 1.77. The lowest BCUT2D eigenvalue weighted by Crippen LogP contribution is -2.41. The first-order valence-electron chi connectivity index (χ1n) is 9.65. The quantitative estimate of drug-likeness (QED) is 0.664. The first-order valence-corrected chi connectivity index (χ1v) is 11.5. The molecule has 3 rings (SSSR count). The van der Waals surface area contributed by atoms with Gasteiger partial charge in [0, 0.05) is 25.7 Å². The van der Waals surface area contributed by atoms with Crippen LogP contribution in [0, 0.1) is 5.82 Å². The molecule has 1 fully saturated rings. The summed E-state index contributed by atoms with van der Waals surface area (Å²) in [6, 6.07) is 9.82. The van der Waals surface area contributed by atoms with Crippen LogP contribution in [0.5, 0.6) is 0 Å². The number of halogens is 2. The Morgan fingerprint density at radius 3 is 2.43 bits per heavy atom. The first-order chi connectivity index (χ1) is 14.1. The molecule has 1 saturated carbocycles. The molecule has 2 aromatic rings. The van der Waals surface area contributed by atoms with Crippen LogP contribution in [0.2, 0.25) is 5.02 Å². The number of anilines is 1. The maximum Gasteiger partial charge on any atom is 0.264 e. The van der Waals surface area contributed by atoms with E-state index in [1.165, 1.54) is 62.4 Å². The fraction of sp³-hybridized carbons (Fsp3) is 0.381. The summed E-state index contributed by atoms with van der Waals surface area (Å²) in [7, 11) is -0.566. The van der Waals surface area contributed by atoms with Crippen LogP contribution in [0.25, 0.3) is 0 Å². The van der Waals surface area contributed by atoms with Crippen LogP contribution in [-0.4, -0.2) is 51.9 Å². The molecular weight excluding hydrogens is 429 g/mol. The molecule has 0 saturated heterocycles. The molecule has 2 aromatic carbocycles. The number of likely N-dealkylation sites (N-methyl/N-ethyl adjacent to an activating group) is 1. The summed E-state index contributed by atoms with van der Waals surface area (Å²) in [5, 5.41) is 3.00. The van der Waals surface area contributed by atoms with E-state index in [0.717, 1.165) is 4.31 Å². The second-order valence-electron chi connectivity index (χ2n) is 7.55. The predicted molar refractivity (Wildman–Crippen MR) is 116 cm³/mol. The summed E-state index contributed by atoms with van der Waals surface area (Å²) in [5.41, 5.74) is 0.390.